The zero-order valence-corrected chi connectivity index (χ0v) is 27.1. The third-order valence-corrected chi connectivity index (χ3v) is 8.93. The lowest BCUT2D eigenvalue weighted by atomic mass is 9.84. The van der Waals surface area contributed by atoms with E-state index in [0.717, 1.165) is 53.8 Å². The van der Waals surface area contributed by atoms with Crippen LogP contribution < -0.4 is 0 Å². The van der Waals surface area contributed by atoms with E-state index in [2.05, 4.69) is 151 Å². The Morgan fingerprint density at radius 3 is 2.40 bits per heavy atom. The molecule has 1 aliphatic rings. The number of para-hydroxylation sites is 1. The minimum Gasteiger partial charge on any atom is -0.264 e. The Balaban J connectivity index is 1.41. The van der Waals surface area contributed by atoms with Crippen LogP contribution in [0.15, 0.2) is 181 Å². The van der Waals surface area contributed by atoms with Crippen LogP contribution in [0.2, 0.25) is 0 Å². The monoisotopic (exact) mass is 618 g/mol. The van der Waals surface area contributed by atoms with Crippen molar-refractivity contribution >= 4 is 33.8 Å². The van der Waals surface area contributed by atoms with Gasteiger partial charge in [-0.05, 0) is 88.0 Å². The zero-order valence-electron chi connectivity index (χ0n) is 27.1. The van der Waals surface area contributed by atoms with Crippen LogP contribution in [0.25, 0.3) is 33.5 Å². The van der Waals surface area contributed by atoms with E-state index in [9.17, 15) is 0 Å². The number of aliphatic imine (C=N–C) groups is 1. The van der Waals surface area contributed by atoms with Gasteiger partial charge in [0.15, 0.2) is 0 Å². The van der Waals surface area contributed by atoms with E-state index in [4.69, 9.17) is 4.99 Å². The molecule has 0 bridgehead atoms. The number of fused-ring (bicyclic) bond motifs is 1. The molecule has 0 amide bonds. The van der Waals surface area contributed by atoms with Gasteiger partial charge in [-0.2, -0.15) is 0 Å². The molecule has 1 heterocycles. The Morgan fingerprint density at radius 2 is 1.58 bits per heavy atom. The Hall–Kier alpha value is -5.86. The van der Waals surface area contributed by atoms with Gasteiger partial charge in [-0.3, -0.25) is 4.98 Å². The van der Waals surface area contributed by atoms with Gasteiger partial charge in [0.25, 0.3) is 0 Å². The summed E-state index contributed by atoms with van der Waals surface area (Å²) in [6.07, 6.45) is 18.3. The fraction of sp³-hybridized carbons (Fsp3) is 0.0870. The van der Waals surface area contributed by atoms with Gasteiger partial charge in [-0.1, -0.05) is 146 Å². The summed E-state index contributed by atoms with van der Waals surface area (Å²) >= 11 is 0. The highest BCUT2D eigenvalue weighted by molar-refractivity contribution is 6.34. The predicted molar refractivity (Wildman–Crippen MR) is 205 cm³/mol. The van der Waals surface area contributed by atoms with E-state index < -0.39 is 0 Å². The number of pyridine rings is 1. The number of hydrogen-bond donors (Lipinski definition) is 0. The molecule has 0 N–H and O–H groups in total. The predicted octanol–water partition coefficient (Wildman–Crippen LogP) is 12.0. The lowest BCUT2D eigenvalue weighted by molar-refractivity contribution is 0.823. The van der Waals surface area contributed by atoms with Crippen molar-refractivity contribution < 1.29 is 0 Å². The lowest BCUT2D eigenvalue weighted by Crippen LogP contribution is -2.11. The minimum atomic E-state index is 0.813. The maximum absolute atomic E-state index is 5.57. The highest BCUT2D eigenvalue weighted by Gasteiger charge is 2.21. The second-order valence-electron chi connectivity index (χ2n) is 12.1. The zero-order chi connectivity index (χ0) is 32.5. The van der Waals surface area contributed by atoms with Crippen LogP contribution in [0.1, 0.15) is 47.1 Å². The molecule has 5 aromatic carbocycles. The summed E-state index contributed by atoms with van der Waals surface area (Å²) in [5.74, 6) is 0. The van der Waals surface area contributed by atoms with Crippen LogP contribution in [0.4, 0.5) is 5.69 Å². The number of allylic oxidation sites excluding steroid dienone is 6. The Bertz CT molecular complexity index is 2180. The third-order valence-electron chi connectivity index (χ3n) is 8.93. The van der Waals surface area contributed by atoms with E-state index in [0.29, 0.717) is 0 Å². The molecule has 0 aliphatic heterocycles. The van der Waals surface area contributed by atoms with Crippen molar-refractivity contribution in [2.24, 2.45) is 4.99 Å². The molecule has 2 nitrogen and oxygen atoms in total. The van der Waals surface area contributed by atoms with Crippen molar-refractivity contribution in [3.63, 3.8) is 0 Å². The average molecular weight is 619 g/mol. The summed E-state index contributed by atoms with van der Waals surface area (Å²) in [6.45, 7) is 3.90. The molecule has 1 aliphatic carbocycles. The fourth-order valence-electron chi connectivity index (χ4n) is 6.49. The molecule has 6 aromatic rings. The molecule has 0 saturated heterocycles. The van der Waals surface area contributed by atoms with Gasteiger partial charge in [0.1, 0.15) is 0 Å². The van der Waals surface area contributed by atoms with Gasteiger partial charge >= 0.3 is 0 Å². The van der Waals surface area contributed by atoms with Crippen molar-refractivity contribution in [3.8, 4) is 11.1 Å². The number of hydrogen-bond acceptors (Lipinski definition) is 2. The molecule has 0 fully saturated rings. The molecule has 0 radical (unpaired) electrons. The Morgan fingerprint density at radius 1 is 0.771 bits per heavy atom. The standard InChI is InChI=1S/C46H38N2/c1-2-3-14-37-16-10-12-23-44(37)48-46(41-29-28-35-15-7-8-19-39(35)32-41)45(38-17-5-4-6-18-38)43-22-11-9-20-40(43)31-34-24-26-36(27-25-34)42-21-13-30-47-33-42/h2-3,5,7-17,19-30,32-33H,1,4,6,18,31H2/b14-3-,45-38+,48-46?. The summed E-state index contributed by atoms with van der Waals surface area (Å²) in [4.78, 5) is 9.87. The lowest BCUT2D eigenvalue weighted by Gasteiger charge is -2.22. The highest BCUT2D eigenvalue weighted by atomic mass is 14.8. The topological polar surface area (TPSA) is 25.2 Å². The Kier molecular flexibility index (Phi) is 9.43. The van der Waals surface area contributed by atoms with E-state index in [1.165, 1.54) is 44.2 Å². The van der Waals surface area contributed by atoms with Crippen molar-refractivity contribution in [1.82, 2.24) is 4.98 Å². The molecule has 0 spiro atoms. The number of aromatic nitrogens is 1. The smallest absolute Gasteiger partial charge is 0.0790 e. The van der Waals surface area contributed by atoms with E-state index in [1.54, 1.807) is 0 Å². The van der Waals surface area contributed by atoms with Crippen molar-refractivity contribution in [2.75, 3.05) is 0 Å². The van der Waals surface area contributed by atoms with Crippen molar-refractivity contribution in [1.29, 1.82) is 0 Å². The Labute approximate surface area is 283 Å². The first-order chi connectivity index (χ1) is 23.8. The molecule has 0 unspecified atom stereocenters. The SMILES string of the molecule is C=C/C=C\c1ccccc1N=C(/C(=C1\C=CCCC1)c1ccccc1Cc1ccc(-c2cccnc2)cc1)c1ccc2ccccc2c1. The second-order valence-corrected chi connectivity index (χ2v) is 12.1. The van der Waals surface area contributed by atoms with Crippen LogP contribution >= 0.6 is 0 Å². The normalized spacial score (nSPS) is 14.4. The molecule has 48 heavy (non-hydrogen) atoms. The van der Waals surface area contributed by atoms with Gasteiger partial charge in [-0.25, -0.2) is 4.99 Å². The molecule has 232 valence electrons. The average Bonchev–Trinajstić information content (AvgIpc) is 3.15. The van der Waals surface area contributed by atoms with Gasteiger partial charge in [0.05, 0.1) is 11.4 Å². The summed E-state index contributed by atoms with van der Waals surface area (Å²) in [6, 6.07) is 45.5. The highest BCUT2D eigenvalue weighted by Crippen LogP contribution is 2.36. The molecule has 0 saturated carbocycles. The second kappa shape index (κ2) is 14.7. The van der Waals surface area contributed by atoms with Gasteiger partial charge in [-0.15, -0.1) is 0 Å². The van der Waals surface area contributed by atoms with Crippen molar-refractivity contribution in [2.45, 2.75) is 25.7 Å². The van der Waals surface area contributed by atoms with Gasteiger partial charge in [0, 0.05) is 29.1 Å². The van der Waals surface area contributed by atoms with Crippen LogP contribution in [0.5, 0.6) is 0 Å². The van der Waals surface area contributed by atoms with Crippen LogP contribution in [0, 0.1) is 0 Å². The molecule has 0 atom stereocenters. The fourth-order valence-corrected chi connectivity index (χ4v) is 6.49. The first kappa shape index (κ1) is 30.8. The van der Waals surface area contributed by atoms with Crippen LogP contribution in [0.3, 0.4) is 0 Å². The van der Waals surface area contributed by atoms with Crippen LogP contribution in [-0.4, -0.2) is 10.7 Å². The number of rotatable bonds is 9. The van der Waals surface area contributed by atoms with Crippen molar-refractivity contribution in [3.05, 3.63) is 204 Å². The largest absolute Gasteiger partial charge is 0.264 e. The molecule has 2 heteroatoms. The summed E-state index contributed by atoms with van der Waals surface area (Å²) in [5, 5.41) is 2.42. The van der Waals surface area contributed by atoms with Gasteiger partial charge in [0.2, 0.25) is 0 Å². The first-order valence-corrected chi connectivity index (χ1v) is 16.7. The molecular weight excluding hydrogens is 581 g/mol. The number of nitrogens with zero attached hydrogens (tertiary/aromatic N) is 2. The maximum atomic E-state index is 5.57. The summed E-state index contributed by atoms with van der Waals surface area (Å²) < 4.78 is 0. The molecule has 1 aromatic heterocycles. The summed E-state index contributed by atoms with van der Waals surface area (Å²) in [7, 11) is 0. The van der Waals surface area contributed by atoms with E-state index >= 15 is 0 Å². The molecular formula is C46H38N2. The minimum absolute atomic E-state index is 0.813. The molecule has 7 rings (SSSR count). The van der Waals surface area contributed by atoms with Crippen LogP contribution in [-0.2, 0) is 6.42 Å². The van der Waals surface area contributed by atoms with Gasteiger partial charge < -0.3 is 0 Å². The quantitative estimate of drug-likeness (QED) is 0.117. The van der Waals surface area contributed by atoms with E-state index in [1.807, 2.05) is 30.6 Å². The van der Waals surface area contributed by atoms with E-state index in [-0.39, 0.29) is 0 Å². The summed E-state index contributed by atoms with van der Waals surface area (Å²) in [5.41, 5.74) is 12.7. The maximum Gasteiger partial charge on any atom is 0.0790 e. The first-order valence-electron chi connectivity index (χ1n) is 16.7. The third kappa shape index (κ3) is 6.94. The number of benzene rings is 5.